The highest BCUT2D eigenvalue weighted by Crippen LogP contribution is 2.11. The topological polar surface area (TPSA) is 34.1 Å². The molecule has 0 aromatic carbocycles. The summed E-state index contributed by atoms with van der Waals surface area (Å²) in [5.41, 5.74) is 1.000. The van der Waals surface area contributed by atoms with Crippen molar-refractivity contribution in [3.05, 3.63) is 31.0 Å². The van der Waals surface area contributed by atoms with Crippen LogP contribution >= 0.6 is 0 Å². The van der Waals surface area contributed by atoms with Gasteiger partial charge in [0.15, 0.2) is 0 Å². The SMILES string of the molecule is C=CC(C)CNc1ccc(OC)nc1. The predicted octanol–water partition coefficient (Wildman–Crippen LogP) is 2.32. The van der Waals surface area contributed by atoms with Gasteiger partial charge in [0.25, 0.3) is 0 Å². The fourth-order valence-electron chi connectivity index (χ4n) is 0.968. The highest BCUT2D eigenvalue weighted by Gasteiger charge is 1.97. The molecular weight excluding hydrogens is 176 g/mol. The molecule has 0 radical (unpaired) electrons. The van der Waals surface area contributed by atoms with Crippen LogP contribution in [0.25, 0.3) is 0 Å². The van der Waals surface area contributed by atoms with Gasteiger partial charge in [-0.1, -0.05) is 13.0 Å². The lowest BCUT2D eigenvalue weighted by atomic mass is 10.2. The van der Waals surface area contributed by atoms with E-state index in [-0.39, 0.29) is 0 Å². The molecule has 0 fully saturated rings. The molecular formula is C11H16N2O. The minimum Gasteiger partial charge on any atom is -0.481 e. The van der Waals surface area contributed by atoms with Gasteiger partial charge < -0.3 is 10.1 Å². The van der Waals surface area contributed by atoms with Crippen LogP contribution in [0, 0.1) is 5.92 Å². The molecule has 3 heteroatoms. The van der Waals surface area contributed by atoms with Crippen molar-refractivity contribution in [3.63, 3.8) is 0 Å². The number of hydrogen-bond acceptors (Lipinski definition) is 3. The first kappa shape index (κ1) is 10.6. The Labute approximate surface area is 84.8 Å². The summed E-state index contributed by atoms with van der Waals surface area (Å²) in [6.45, 7) is 6.71. The summed E-state index contributed by atoms with van der Waals surface area (Å²) in [6.07, 6.45) is 3.68. The Morgan fingerprint density at radius 1 is 1.64 bits per heavy atom. The number of nitrogens with zero attached hydrogens (tertiary/aromatic N) is 1. The number of ether oxygens (including phenoxy) is 1. The first-order chi connectivity index (χ1) is 6.76. The van der Waals surface area contributed by atoms with Gasteiger partial charge in [0.05, 0.1) is 19.0 Å². The summed E-state index contributed by atoms with van der Waals surface area (Å²) in [5.74, 6) is 1.09. The van der Waals surface area contributed by atoms with Crippen LogP contribution in [0.5, 0.6) is 5.88 Å². The zero-order chi connectivity index (χ0) is 10.4. The Balaban J connectivity index is 2.47. The second-order valence-electron chi connectivity index (χ2n) is 3.18. The second kappa shape index (κ2) is 5.27. The van der Waals surface area contributed by atoms with E-state index in [1.165, 1.54) is 0 Å². The minimum absolute atomic E-state index is 0.456. The molecule has 0 bridgehead atoms. The maximum Gasteiger partial charge on any atom is 0.213 e. The van der Waals surface area contributed by atoms with E-state index in [1.807, 2.05) is 18.2 Å². The van der Waals surface area contributed by atoms with E-state index in [0.717, 1.165) is 12.2 Å². The van der Waals surface area contributed by atoms with Crippen LogP contribution in [-0.2, 0) is 0 Å². The summed E-state index contributed by atoms with van der Waals surface area (Å²) < 4.78 is 4.96. The lowest BCUT2D eigenvalue weighted by Gasteiger charge is -2.09. The molecule has 0 saturated heterocycles. The van der Waals surface area contributed by atoms with Crippen LogP contribution in [0.2, 0.25) is 0 Å². The second-order valence-corrected chi connectivity index (χ2v) is 3.18. The van der Waals surface area contributed by atoms with Gasteiger partial charge in [0.1, 0.15) is 0 Å². The smallest absolute Gasteiger partial charge is 0.213 e. The van der Waals surface area contributed by atoms with Crippen molar-refractivity contribution in [3.8, 4) is 5.88 Å². The highest BCUT2D eigenvalue weighted by molar-refractivity contribution is 5.42. The quantitative estimate of drug-likeness (QED) is 0.727. The molecule has 3 nitrogen and oxygen atoms in total. The number of hydrogen-bond donors (Lipinski definition) is 1. The number of aromatic nitrogens is 1. The van der Waals surface area contributed by atoms with Gasteiger partial charge in [-0.2, -0.15) is 0 Å². The van der Waals surface area contributed by atoms with Crippen molar-refractivity contribution in [1.82, 2.24) is 4.98 Å². The minimum atomic E-state index is 0.456. The number of pyridine rings is 1. The molecule has 0 saturated carbocycles. The molecule has 1 aromatic rings. The molecule has 76 valence electrons. The molecule has 1 aromatic heterocycles. The molecule has 0 aliphatic carbocycles. The van der Waals surface area contributed by atoms with Crippen LogP contribution < -0.4 is 10.1 Å². The average Bonchev–Trinajstić information content (AvgIpc) is 2.26. The van der Waals surface area contributed by atoms with E-state index in [4.69, 9.17) is 4.74 Å². The molecule has 0 aliphatic rings. The zero-order valence-electron chi connectivity index (χ0n) is 8.66. The van der Waals surface area contributed by atoms with Crippen LogP contribution in [0.15, 0.2) is 31.0 Å². The Bertz CT molecular complexity index is 282. The third-order valence-electron chi connectivity index (χ3n) is 1.98. The largest absolute Gasteiger partial charge is 0.481 e. The van der Waals surface area contributed by atoms with E-state index in [0.29, 0.717) is 11.8 Å². The van der Waals surface area contributed by atoms with Crippen LogP contribution in [0.1, 0.15) is 6.92 Å². The van der Waals surface area contributed by atoms with E-state index >= 15 is 0 Å². The predicted molar refractivity (Wildman–Crippen MR) is 58.6 cm³/mol. The molecule has 14 heavy (non-hydrogen) atoms. The molecule has 1 N–H and O–H groups in total. The highest BCUT2D eigenvalue weighted by atomic mass is 16.5. The van der Waals surface area contributed by atoms with Gasteiger partial charge in [0.2, 0.25) is 5.88 Å². The normalized spacial score (nSPS) is 11.9. The summed E-state index contributed by atoms with van der Waals surface area (Å²) in [5, 5.41) is 3.26. The first-order valence-electron chi connectivity index (χ1n) is 4.62. The van der Waals surface area contributed by atoms with Crippen LogP contribution in [0.4, 0.5) is 5.69 Å². The van der Waals surface area contributed by atoms with Crippen molar-refractivity contribution in [2.75, 3.05) is 19.0 Å². The van der Waals surface area contributed by atoms with Crippen LogP contribution in [0.3, 0.4) is 0 Å². The van der Waals surface area contributed by atoms with Gasteiger partial charge in [-0.05, 0) is 12.0 Å². The van der Waals surface area contributed by atoms with Crippen molar-refractivity contribution in [2.45, 2.75) is 6.92 Å². The molecule has 1 unspecified atom stereocenters. The van der Waals surface area contributed by atoms with Gasteiger partial charge in [0, 0.05) is 12.6 Å². The van der Waals surface area contributed by atoms with E-state index in [9.17, 15) is 0 Å². The lowest BCUT2D eigenvalue weighted by Crippen LogP contribution is -2.08. The summed E-state index contributed by atoms with van der Waals surface area (Å²) >= 11 is 0. The van der Waals surface area contributed by atoms with Gasteiger partial charge in [-0.25, -0.2) is 4.98 Å². The molecule has 1 rings (SSSR count). The maximum atomic E-state index is 4.96. The molecule has 0 spiro atoms. The standard InChI is InChI=1S/C11H16N2O/c1-4-9(2)7-12-10-5-6-11(14-3)13-8-10/h4-6,8-9,12H,1,7H2,2-3H3. The molecule has 1 heterocycles. The average molecular weight is 192 g/mol. The number of anilines is 1. The first-order valence-corrected chi connectivity index (χ1v) is 4.62. The van der Waals surface area contributed by atoms with Crippen molar-refractivity contribution in [2.24, 2.45) is 5.92 Å². The number of rotatable bonds is 5. The van der Waals surface area contributed by atoms with Crippen molar-refractivity contribution < 1.29 is 4.74 Å². The third kappa shape index (κ3) is 3.09. The Morgan fingerprint density at radius 3 is 2.93 bits per heavy atom. The van der Waals surface area contributed by atoms with E-state index in [2.05, 4.69) is 23.8 Å². The van der Waals surface area contributed by atoms with Crippen molar-refractivity contribution in [1.29, 1.82) is 0 Å². The maximum absolute atomic E-state index is 4.96. The zero-order valence-corrected chi connectivity index (χ0v) is 8.66. The van der Waals surface area contributed by atoms with E-state index in [1.54, 1.807) is 13.3 Å². The fourth-order valence-corrected chi connectivity index (χ4v) is 0.968. The lowest BCUT2D eigenvalue weighted by molar-refractivity contribution is 0.398. The Kier molecular flexibility index (Phi) is 3.98. The molecule has 0 aliphatic heterocycles. The third-order valence-corrected chi connectivity index (χ3v) is 1.98. The summed E-state index contributed by atoms with van der Waals surface area (Å²) in [7, 11) is 1.61. The van der Waals surface area contributed by atoms with Gasteiger partial charge >= 0.3 is 0 Å². The monoisotopic (exact) mass is 192 g/mol. The summed E-state index contributed by atoms with van der Waals surface area (Å²) in [6, 6.07) is 3.78. The van der Waals surface area contributed by atoms with Crippen molar-refractivity contribution >= 4 is 5.69 Å². The Morgan fingerprint density at radius 2 is 2.43 bits per heavy atom. The molecule has 0 amide bonds. The van der Waals surface area contributed by atoms with Gasteiger partial charge in [-0.15, -0.1) is 6.58 Å². The van der Waals surface area contributed by atoms with Crippen LogP contribution in [-0.4, -0.2) is 18.6 Å². The fraction of sp³-hybridized carbons (Fsp3) is 0.364. The molecule has 1 atom stereocenters. The van der Waals surface area contributed by atoms with Gasteiger partial charge in [-0.3, -0.25) is 0 Å². The Hall–Kier alpha value is -1.51. The number of methoxy groups -OCH3 is 1. The number of nitrogens with one attached hydrogen (secondary N) is 1. The van der Waals surface area contributed by atoms with E-state index < -0.39 is 0 Å². The summed E-state index contributed by atoms with van der Waals surface area (Å²) in [4.78, 5) is 4.09.